The first-order valence-electron chi connectivity index (χ1n) is 4.05. The molecule has 2 nitrogen and oxygen atoms in total. The third kappa shape index (κ3) is 0.879. The summed E-state index contributed by atoms with van der Waals surface area (Å²) in [6.45, 7) is 2.69. The first-order chi connectivity index (χ1) is 4.90. The maximum atomic E-state index is 8.84. The Balaban J connectivity index is 2.06. The van der Waals surface area contributed by atoms with Crippen LogP contribution in [0.2, 0.25) is 0 Å². The summed E-state index contributed by atoms with van der Waals surface area (Å²) < 4.78 is 0. The SMILES string of the molecule is OCC1=CC2CCC[NH+]2C1. The third-order valence-electron chi connectivity index (χ3n) is 2.63. The van der Waals surface area contributed by atoms with Crippen LogP contribution in [0, 0.1) is 0 Å². The molecule has 0 radical (unpaired) electrons. The second-order valence-electron chi connectivity index (χ2n) is 3.32. The average molecular weight is 140 g/mol. The summed E-state index contributed by atoms with van der Waals surface area (Å²) in [6.07, 6.45) is 4.97. The van der Waals surface area contributed by atoms with Crippen molar-refractivity contribution in [2.45, 2.75) is 18.9 Å². The van der Waals surface area contributed by atoms with Gasteiger partial charge in [-0.15, -0.1) is 0 Å². The Labute approximate surface area is 61.1 Å². The standard InChI is InChI=1S/C8H13NO/c10-6-7-4-8-2-1-3-9(8)5-7/h4,8,10H,1-3,5-6H2/p+1. The van der Waals surface area contributed by atoms with Crippen molar-refractivity contribution < 1.29 is 10.0 Å². The minimum absolute atomic E-state index is 0.278. The lowest BCUT2D eigenvalue weighted by atomic mass is 10.2. The van der Waals surface area contributed by atoms with Gasteiger partial charge in [-0.2, -0.15) is 0 Å². The molecule has 2 heterocycles. The first-order valence-corrected chi connectivity index (χ1v) is 4.05. The summed E-state index contributed by atoms with van der Waals surface area (Å²) in [6, 6.07) is 0.752. The number of aliphatic hydroxyl groups is 1. The molecule has 2 N–H and O–H groups in total. The molecule has 2 aliphatic rings. The van der Waals surface area contributed by atoms with Crippen LogP contribution in [-0.4, -0.2) is 30.8 Å². The maximum Gasteiger partial charge on any atom is 0.107 e. The smallest absolute Gasteiger partial charge is 0.107 e. The van der Waals surface area contributed by atoms with Crippen LogP contribution in [0.3, 0.4) is 0 Å². The second-order valence-corrected chi connectivity index (χ2v) is 3.32. The lowest BCUT2D eigenvalue weighted by molar-refractivity contribution is -0.895. The highest BCUT2D eigenvalue weighted by Gasteiger charge is 2.32. The molecule has 0 bridgehead atoms. The molecule has 0 aromatic carbocycles. The van der Waals surface area contributed by atoms with Crippen molar-refractivity contribution in [2.24, 2.45) is 0 Å². The van der Waals surface area contributed by atoms with Gasteiger partial charge in [0.25, 0.3) is 0 Å². The van der Waals surface area contributed by atoms with Crippen LogP contribution in [0.15, 0.2) is 11.6 Å². The molecule has 1 fully saturated rings. The highest BCUT2D eigenvalue weighted by molar-refractivity contribution is 5.10. The molecule has 0 aromatic heterocycles. The quantitative estimate of drug-likeness (QED) is 0.447. The number of aliphatic hydroxyl groups excluding tert-OH is 1. The van der Waals surface area contributed by atoms with E-state index in [-0.39, 0.29) is 6.61 Å². The highest BCUT2D eigenvalue weighted by Crippen LogP contribution is 2.09. The van der Waals surface area contributed by atoms with Gasteiger partial charge in [-0.1, -0.05) is 0 Å². The Morgan fingerprint density at radius 3 is 3.30 bits per heavy atom. The fraction of sp³-hybridized carbons (Fsp3) is 0.750. The number of fused-ring (bicyclic) bond motifs is 1. The van der Waals surface area contributed by atoms with Gasteiger partial charge in [-0.3, -0.25) is 0 Å². The number of quaternary nitrogens is 1. The molecule has 2 unspecified atom stereocenters. The van der Waals surface area contributed by atoms with Gasteiger partial charge in [0.15, 0.2) is 0 Å². The molecule has 10 heavy (non-hydrogen) atoms. The number of rotatable bonds is 1. The molecule has 0 saturated carbocycles. The molecule has 56 valence electrons. The van der Waals surface area contributed by atoms with Gasteiger partial charge in [0.1, 0.15) is 12.6 Å². The van der Waals surface area contributed by atoms with Crippen molar-refractivity contribution in [3.63, 3.8) is 0 Å². The van der Waals surface area contributed by atoms with E-state index in [1.165, 1.54) is 25.0 Å². The summed E-state index contributed by atoms with van der Waals surface area (Å²) in [4.78, 5) is 1.67. The Morgan fingerprint density at radius 1 is 1.70 bits per heavy atom. The number of nitrogens with one attached hydrogen (secondary N) is 1. The molecule has 2 atom stereocenters. The van der Waals surface area contributed by atoms with E-state index in [0.29, 0.717) is 0 Å². The van der Waals surface area contributed by atoms with E-state index in [1.54, 1.807) is 4.90 Å². The molecule has 2 heteroatoms. The normalized spacial score (nSPS) is 37.9. The van der Waals surface area contributed by atoms with Gasteiger partial charge in [0.05, 0.1) is 13.2 Å². The molecule has 2 rings (SSSR count). The summed E-state index contributed by atoms with van der Waals surface area (Å²) in [5.74, 6) is 0. The van der Waals surface area contributed by atoms with Crippen LogP contribution in [0.1, 0.15) is 12.8 Å². The minimum atomic E-state index is 0.278. The van der Waals surface area contributed by atoms with E-state index in [9.17, 15) is 0 Å². The van der Waals surface area contributed by atoms with E-state index in [2.05, 4.69) is 6.08 Å². The monoisotopic (exact) mass is 140 g/mol. The van der Waals surface area contributed by atoms with Gasteiger partial charge >= 0.3 is 0 Å². The summed E-state index contributed by atoms with van der Waals surface area (Å²) in [5.41, 5.74) is 1.25. The van der Waals surface area contributed by atoms with E-state index in [4.69, 9.17) is 5.11 Å². The maximum absolute atomic E-state index is 8.84. The molecule has 0 aromatic rings. The van der Waals surface area contributed by atoms with Crippen molar-refractivity contribution in [3.8, 4) is 0 Å². The van der Waals surface area contributed by atoms with Crippen molar-refractivity contribution >= 4 is 0 Å². The third-order valence-corrected chi connectivity index (χ3v) is 2.63. The van der Waals surface area contributed by atoms with Crippen molar-refractivity contribution in [3.05, 3.63) is 11.6 Å². The van der Waals surface area contributed by atoms with E-state index in [1.807, 2.05) is 0 Å². The van der Waals surface area contributed by atoms with Gasteiger partial charge in [0.2, 0.25) is 0 Å². The average Bonchev–Trinajstić information content (AvgIpc) is 2.42. The Morgan fingerprint density at radius 2 is 2.60 bits per heavy atom. The Kier molecular flexibility index (Phi) is 1.51. The fourth-order valence-corrected chi connectivity index (χ4v) is 2.10. The zero-order chi connectivity index (χ0) is 6.97. The van der Waals surface area contributed by atoms with Crippen LogP contribution in [-0.2, 0) is 0 Å². The van der Waals surface area contributed by atoms with Crippen LogP contribution in [0.4, 0.5) is 0 Å². The molecule has 0 amide bonds. The number of hydrogen-bond donors (Lipinski definition) is 2. The molecular weight excluding hydrogens is 126 g/mol. The van der Waals surface area contributed by atoms with Gasteiger partial charge < -0.3 is 10.0 Å². The molecule has 2 aliphatic heterocycles. The summed E-state index contributed by atoms with van der Waals surface area (Å²) in [7, 11) is 0. The van der Waals surface area contributed by atoms with Crippen LogP contribution < -0.4 is 4.90 Å². The number of hydrogen-bond acceptors (Lipinski definition) is 1. The topological polar surface area (TPSA) is 24.7 Å². The largest absolute Gasteiger partial charge is 0.392 e. The van der Waals surface area contributed by atoms with Gasteiger partial charge in [-0.25, -0.2) is 0 Å². The zero-order valence-electron chi connectivity index (χ0n) is 6.14. The van der Waals surface area contributed by atoms with Gasteiger partial charge in [-0.05, 0) is 6.08 Å². The lowest BCUT2D eigenvalue weighted by Gasteiger charge is -2.10. The second kappa shape index (κ2) is 2.36. The molecule has 0 spiro atoms. The molecule has 0 aliphatic carbocycles. The fourth-order valence-electron chi connectivity index (χ4n) is 2.10. The predicted octanol–water partition coefficient (Wildman–Crippen LogP) is -1.03. The Bertz CT molecular complexity index is 165. The van der Waals surface area contributed by atoms with Gasteiger partial charge in [0, 0.05) is 18.4 Å². The van der Waals surface area contributed by atoms with Crippen LogP contribution in [0.5, 0.6) is 0 Å². The molecular formula is C8H14NO+. The summed E-state index contributed by atoms with van der Waals surface area (Å²) in [5, 5.41) is 8.84. The zero-order valence-corrected chi connectivity index (χ0v) is 6.14. The lowest BCUT2D eigenvalue weighted by Crippen LogP contribution is -3.12. The van der Waals surface area contributed by atoms with Crippen LogP contribution in [0.25, 0.3) is 0 Å². The van der Waals surface area contributed by atoms with Crippen LogP contribution >= 0.6 is 0 Å². The predicted molar refractivity (Wildman–Crippen MR) is 38.9 cm³/mol. The van der Waals surface area contributed by atoms with Crippen molar-refractivity contribution in [1.82, 2.24) is 0 Å². The van der Waals surface area contributed by atoms with E-state index >= 15 is 0 Å². The van der Waals surface area contributed by atoms with Crippen molar-refractivity contribution in [1.29, 1.82) is 0 Å². The van der Waals surface area contributed by atoms with E-state index < -0.39 is 0 Å². The first kappa shape index (κ1) is 6.38. The molecule has 1 saturated heterocycles. The Hall–Kier alpha value is -0.340. The summed E-state index contributed by atoms with van der Waals surface area (Å²) >= 11 is 0. The van der Waals surface area contributed by atoms with Crippen molar-refractivity contribution in [2.75, 3.05) is 19.7 Å². The van der Waals surface area contributed by atoms with E-state index in [0.717, 1.165) is 12.6 Å². The minimum Gasteiger partial charge on any atom is -0.392 e. The highest BCUT2D eigenvalue weighted by atomic mass is 16.3.